The molecule has 1 atom stereocenters. The fraction of sp³-hybridized carbons (Fsp3) is 0.579. The fourth-order valence-electron chi connectivity index (χ4n) is 3.13. The van der Waals surface area contributed by atoms with E-state index < -0.39 is 0 Å². The molecule has 5 heteroatoms. The van der Waals surface area contributed by atoms with E-state index >= 15 is 0 Å². The minimum atomic E-state index is 0.288. The van der Waals surface area contributed by atoms with Crippen molar-refractivity contribution in [1.29, 1.82) is 0 Å². The molecule has 0 radical (unpaired) electrons. The molecule has 1 fully saturated rings. The molecule has 0 spiro atoms. The number of hydrogen-bond acceptors (Lipinski definition) is 4. The van der Waals surface area contributed by atoms with Gasteiger partial charge in [-0.3, -0.25) is 4.90 Å². The molecule has 1 aliphatic rings. The van der Waals surface area contributed by atoms with E-state index in [0.717, 1.165) is 61.2 Å². The first-order valence-electron chi connectivity index (χ1n) is 8.65. The topological polar surface area (TPSA) is 44.7 Å². The van der Waals surface area contributed by atoms with E-state index in [1.807, 2.05) is 12.1 Å². The van der Waals surface area contributed by atoms with Gasteiger partial charge in [0.15, 0.2) is 0 Å². The van der Waals surface area contributed by atoms with Crippen LogP contribution in [0.2, 0.25) is 0 Å². The summed E-state index contributed by atoms with van der Waals surface area (Å²) in [5, 5.41) is 12.8. The predicted octanol–water partition coefficient (Wildman–Crippen LogP) is 2.79. The summed E-state index contributed by atoms with van der Waals surface area (Å²) in [6.45, 7) is 4.53. The van der Waals surface area contributed by atoms with Crippen molar-refractivity contribution in [3.63, 3.8) is 0 Å². The molecule has 2 N–H and O–H groups in total. The highest BCUT2D eigenvalue weighted by Gasteiger charge is 2.22. The summed E-state index contributed by atoms with van der Waals surface area (Å²) in [6, 6.07) is 6.36. The van der Waals surface area contributed by atoms with Crippen molar-refractivity contribution < 1.29 is 9.84 Å². The molecule has 1 heterocycles. The van der Waals surface area contributed by atoms with Crippen LogP contribution in [0, 0.1) is 12.3 Å². The Kier molecular flexibility index (Phi) is 8.62. The summed E-state index contributed by atoms with van der Waals surface area (Å²) in [4.78, 5) is 2.42. The summed E-state index contributed by atoms with van der Waals surface area (Å²) < 4.78 is 6.62. The number of nitrogens with one attached hydrogen (secondary N) is 1. The molecule has 2 rings (SSSR count). The van der Waals surface area contributed by atoms with E-state index in [1.54, 1.807) is 0 Å². The molecular formula is C19H27BrN2O2. The van der Waals surface area contributed by atoms with Gasteiger partial charge in [0.2, 0.25) is 0 Å². The van der Waals surface area contributed by atoms with E-state index in [9.17, 15) is 5.11 Å². The molecule has 0 amide bonds. The molecule has 1 unspecified atom stereocenters. The van der Waals surface area contributed by atoms with Crippen molar-refractivity contribution in [2.75, 3.05) is 32.8 Å². The van der Waals surface area contributed by atoms with Gasteiger partial charge in [0.05, 0.1) is 6.61 Å². The van der Waals surface area contributed by atoms with Crippen molar-refractivity contribution in [3.8, 4) is 18.1 Å². The summed E-state index contributed by atoms with van der Waals surface area (Å²) >= 11 is 3.50. The third kappa shape index (κ3) is 6.10. The van der Waals surface area contributed by atoms with Crippen molar-refractivity contribution >= 4 is 15.9 Å². The predicted molar refractivity (Wildman–Crippen MR) is 101 cm³/mol. The average molecular weight is 395 g/mol. The zero-order valence-corrected chi connectivity index (χ0v) is 15.7. The Morgan fingerprint density at radius 1 is 1.42 bits per heavy atom. The van der Waals surface area contributed by atoms with E-state index in [0.29, 0.717) is 12.6 Å². The number of ether oxygens (including phenoxy) is 1. The summed E-state index contributed by atoms with van der Waals surface area (Å²) in [5.74, 6) is 3.34. The maximum atomic E-state index is 9.33. The van der Waals surface area contributed by atoms with Crippen LogP contribution in [0.3, 0.4) is 0 Å². The Labute approximate surface area is 153 Å². The van der Waals surface area contributed by atoms with Crippen molar-refractivity contribution in [2.24, 2.45) is 0 Å². The van der Waals surface area contributed by atoms with E-state index in [-0.39, 0.29) is 6.61 Å². The van der Waals surface area contributed by atoms with Gasteiger partial charge >= 0.3 is 0 Å². The number of terminal acetylenes is 1. The van der Waals surface area contributed by atoms with Gasteiger partial charge in [0.1, 0.15) is 12.4 Å². The fourth-order valence-corrected chi connectivity index (χ4v) is 3.54. The molecule has 1 aromatic rings. The second-order valence-corrected chi connectivity index (χ2v) is 7.06. The monoisotopic (exact) mass is 394 g/mol. The Morgan fingerprint density at radius 3 is 3.08 bits per heavy atom. The number of aliphatic hydroxyl groups is 1. The van der Waals surface area contributed by atoms with Gasteiger partial charge in [-0.1, -0.05) is 21.9 Å². The number of hydrogen-bond donors (Lipinski definition) is 2. The lowest BCUT2D eigenvalue weighted by atomic mass is 10.2. The Bertz CT molecular complexity index is 545. The largest absolute Gasteiger partial charge is 0.481 e. The zero-order valence-electron chi connectivity index (χ0n) is 14.1. The quantitative estimate of drug-likeness (QED) is 0.473. The van der Waals surface area contributed by atoms with E-state index in [2.05, 4.69) is 38.1 Å². The summed E-state index contributed by atoms with van der Waals surface area (Å²) in [7, 11) is 0. The van der Waals surface area contributed by atoms with Crippen LogP contribution in [0.25, 0.3) is 0 Å². The highest BCUT2D eigenvalue weighted by atomic mass is 79.9. The maximum Gasteiger partial charge on any atom is 0.148 e. The van der Waals surface area contributed by atoms with Crippen LogP contribution in [0.15, 0.2) is 22.7 Å². The standard InChI is InChI=1S/C19H27BrN2O2/c1-2-12-24-19-8-7-17(20)13-16(19)14-21-9-3-4-10-22-11-5-6-18(22)15-23/h1,7-8,13,18,21,23H,3-6,9-12,14-15H2. The van der Waals surface area contributed by atoms with Crippen LogP contribution in [-0.4, -0.2) is 48.9 Å². The summed E-state index contributed by atoms with van der Waals surface area (Å²) in [5.41, 5.74) is 1.11. The molecule has 1 saturated heterocycles. The van der Waals surface area contributed by atoms with Gasteiger partial charge < -0.3 is 15.2 Å². The van der Waals surface area contributed by atoms with Gasteiger partial charge in [-0.2, -0.15) is 0 Å². The van der Waals surface area contributed by atoms with Crippen LogP contribution in [0.5, 0.6) is 5.75 Å². The molecule has 0 bridgehead atoms. The molecule has 1 aromatic carbocycles. The second kappa shape index (κ2) is 10.7. The molecule has 0 saturated carbocycles. The van der Waals surface area contributed by atoms with Crippen LogP contribution in [0.4, 0.5) is 0 Å². The van der Waals surface area contributed by atoms with E-state index in [1.165, 1.54) is 6.42 Å². The lowest BCUT2D eigenvalue weighted by Gasteiger charge is -2.22. The second-order valence-electron chi connectivity index (χ2n) is 6.14. The van der Waals surface area contributed by atoms with Crippen molar-refractivity contribution in [2.45, 2.75) is 38.3 Å². The smallest absolute Gasteiger partial charge is 0.148 e. The van der Waals surface area contributed by atoms with E-state index in [4.69, 9.17) is 11.2 Å². The number of nitrogens with zero attached hydrogens (tertiary/aromatic N) is 1. The SMILES string of the molecule is C#CCOc1ccc(Br)cc1CNCCCCN1CCCC1CO. The van der Waals surface area contributed by atoms with Crippen LogP contribution >= 0.6 is 15.9 Å². The number of aliphatic hydroxyl groups excluding tert-OH is 1. The number of halogens is 1. The Balaban J connectivity index is 1.67. The van der Waals surface area contributed by atoms with Crippen LogP contribution in [0.1, 0.15) is 31.2 Å². The number of rotatable bonds is 10. The highest BCUT2D eigenvalue weighted by Crippen LogP contribution is 2.23. The molecule has 4 nitrogen and oxygen atoms in total. The van der Waals surface area contributed by atoms with Gasteiger partial charge in [0.25, 0.3) is 0 Å². The minimum absolute atomic E-state index is 0.288. The molecule has 1 aliphatic heterocycles. The van der Waals surface area contributed by atoms with Crippen LogP contribution in [-0.2, 0) is 6.54 Å². The third-order valence-corrected chi connectivity index (χ3v) is 4.90. The maximum absolute atomic E-state index is 9.33. The first-order chi connectivity index (χ1) is 11.7. The minimum Gasteiger partial charge on any atom is -0.481 e. The van der Waals surface area contributed by atoms with Gasteiger partial charge in [-0.05, 0) is 63.5 Å². The first-order valence-corrected chi connectivity index (χ1v) is 9.44. The Morgan fingerprint density at radius 2 is 2.29 bits per heavy atom. The number of benzene rings is 1. The molecule has 0 aliphatic carbocycles. The van der Waals surface area contributed by atoms with Crippen molar-refractivity contribution in [1.82, 2.24) is 10.2 Å². The lowest BCUT2D eigenvalue weighted by Crippen LogP contribution is -2.33. The average Bonchev–Trinajstić information content (AvgIpc) is 3.04. The molecule has 24 heavy (non-hydrogen) atoms. The van der Waals surface area contributed by atoms with Gasteiger partial charge in [0, 0.05) is 22.6 Å². The van der Waals surface area contributed by atoms with Gasteiger partial charge in [-0.25, -0.2) is 0 Å². The number of likely N-dealkylation sites (tertiary alicyclic amines) is 1. The number of unbranched alkanes of at least 4 members (excludes halogenated alkanes) is 1. The Hall–Kier alpha value is -1.06. The third-order valence-electron chi connectivity index (χ3n) is 4.41. The normalized spacial score (nSPS) is 17.8. The molecular weight excluding hydrogens is 368 g/mol. The molecule has 0 aromatic heterocycles. The van der Waals surface area contributed by atoms with Crippen molar-refractivity contribution in [3.05, 3.63) is 28.2 Å². The zero-order chi connectivity index (χ0) is 17.2. The highest BCUT2D eigenvalue weighted by molar-refractivity contribution is 9.10. The van der Waals surface area contributed by atoms with Crippen LogP contribution < -0.4 is 10.1 Å². The molecule has 132 valence electrons. The first kappa shape index (κ1) is 19.3. The summed E-state index contributed by atoms with van der Waals surface area (Å²) in [6.07, 6.45) is 9.90. The lowest BCUT2D eigenvalue weighted by molar-refractivity contribution is 0.157. The van der Waals surface area contributed by atoms with Gasteiger partial charge in [-0.15, -0.1) is 6.42 Å².